The molecule has 0 bridgehead atoms. The number of nitrogens with zero attached hydrogens (tertiary/aromatic N) is 2. The molecule has 130 valence electrons. The lowest BCUT2D eigenvalue weighted by Gasteiger charge is -2.27. The average molecular weight is 450 g/mol. The summed E-state index contributed by atoms with van der Waals surface area (Å²) >= 11 is 1.81. The first-order valence-corrected chi connectivity index (χ1v) is 8.84. The van der Waals surface area contributed by atoms with E-state index in [1.54, 1.807) is 7.05 Å². The van der Waals surface area contributed by atoms with Gasteiger partial charge in [-0.15, -0.1) is 35.3 Å². The Labute approximate surface area is 160 Å². The molecule has 7 heteroatoms. The van der Waals surface area contributed by atoms with Crippen molar-refractivity contribution in [1.82, 2.24) is 15.5 Å². The molecule has 0 atom stereocenters. The van der Waals surface area contributed by atoms with Gasteiger partial charge in [0.1, 0.15) is 0 Å². The number of halogens is 1. The van der Waals surface area contributed by atoms with E-state index in [1.165, 1.54) is 16.2 Å². The van der Waals surface area contributed by atoms with E-state index in [0.717, 1.165) is 38.9 Å². The van der Waals surface area contributed by atoms with E-state index in [0.29, 0.717) is 12.5 Å². The van der Waals surface area contributed by atoms with Crippen molar-refractivity contribution in [3.8, 4) is 0 Å². The second kappa shape index (κ2) is 10.9. The standard InChI is InChI=1S/C16H26N4OS.HI/c1-3-13-7-8-14(22-13)11-18-16(17-2)19-12-15(21)20-9-5-4-6-10-20;/h7-8H,3-6,9-12H2,1-2H3,(H2,17,18,19);1H. The lowest BCUT2D eigenvalue weighted by atomic mass is 10.1. The smallest absolute Gasteiger partial charge is 0.241 e. The van der Waals surface area contributed by atoms with Crippen LogP contribution in [0.4, 0.5) is 0 Å². The Morgan fingerprint density at radius 2 is 1.91 bits per heavy atom. The van der Waals surface area contributed by atoms with Crippen LogP contribution < -0.4 is 10.6 Å². The third-order valence-corrected chi connectivity index (χ3v) is 5.06. The molecule has 2 rings (SSSR count). The second-order valence-corrected chi connectivity index (χ2v) is 6.70. The average Bonchev–Trinajstić information content (AvgIpc) is 3.03. The minimum absolute atomic E-state index is 0. The summed E-state index contributed by atoms with van der Waals surface area (Å²) in [7, 11) is 1.73. The van der Waals surface area contributed by atoms with E-state index in [1.807, 2.05) is 16.2 Å². The van der Waals surface area contributed by atoms with Gasteiger partial charge in [0.2, 0.25) is 5.91 Å². The van der Waals surface area contributed by atoms with Gasteiger partial charge in [-0.05, 0) is 37.8 Å². The first kappa shape index (κ1) is 20.2. The van der Waals surface area contributed by atoms with Crippen molar-refractivity contribution < 1.29 is 4.79 Å². The summed E-state index contributed by atoms with van der Waals surface area (Å²) in [6.45, 7) is 4.99. The molecule has 2 heterocycles. The number of amides is 1. The van der Waals surface area contributed by atoms with Gasteiger partial charge in [0, 0.05) is 29.9 Å². The Morgan fingerprint density at radius 3 is 2.52 bits per heavy atom. The maximum atomic E-state index is 12.1. The fourth-order valence-corrected chi connectivity index (χ4v) is 3.41. The third-order valence-electron chi connectivity index (χ3n) is 3.84. The molecule has 0 saturated carbocycles. The zero-order chi connectivity index (χ0) is 15.8. The first-order valence-electron chi connectivity index (χ1n) is 8.02. The largest absolute Gasteiger partial charge is 0.352 e. The molecule has 1 aliphatic rings. The minimum atomic E-state index is 0. The van der Waals surface area contributed by atoms with Gasteiger partial charge in [0.15, 0.2) is 5.96 Å². The summed E-state index contributed by atoms with van der Waals surface area (Å²) in [4.78, 5) is 20.9. The van der Waals surface area contributed by atoms with Crippen LogP contribution in [0.25, 0.3) is 0 Å². The van der Waals surface area contributed by atoms with Gasteiger partial charge in [-0.3, -0.25) is 9.79 Å². The first-order chi connectivity index (χ1) is 10.7. The summed E-state index contributed by atoms with van der Waals surface area (Å²) in [5.74, 6) is 0.837. The topological polar surface area (TPSA) is 56.7 Å². The highest BCUT2D eigenvalue weighted by atomic mass is 127. The normalized spacial score (nSPS) is 15.0. The number of likely N-dealkylation sites (tertiary alicyclic amines) is 1. The van der Waals surface area contributed by atoms with Crippen LogP contribution in [0.3, 0.4) is 0 Å². The van der Waals surface area contributed by atoms with Crippen LogP contribution in [-0.2, 0) is 17.8 Å². The maximum absolute atomic E-state index is 12.1. The Balaban J connectivity index is 0.00000264. The van der Waals surface area contributed by atoms with Crippen molar-refractivity contribution in [3.05, 3.63) is 21.9 Å². The van der Waals surface area contributed by atoms with Crippen molar-refractivity contribution in [1.29, 1.82) is 0 Å². The quantitative estimate of drug-likeness (QED) is 0.412. The van der Waals surface area contributed by atoms with Crippen molar-refractivity contribution in [3.63, 3.8) is 0 Å². The lowest BCUT2D eigenvalue weighted by molar-refractivity contribution is -0.130. The predicted octanol–water partition coefficient (Wildman–Crippen LogP) is 2.61. The van der Waals surface area contributed by atoms with E-state index >= 15 is 0 Å². The Hall–Kier alpha value is -0.830. The number of rotatable bonds is 5. The van der Waals surface area contributed by atoms with Crippen LogP contribution >= 0.6 is 35.3 Å². The number of thiophene rings is 1. The van der Waals surface area contributed by atoms with Crippen molar-refractivity contribution in [2.45, 2.75) is 39.2 Å². The van der Waals surface area contributed by atoms with E-state index in [9.17, 15) is 4.79 Å². The van der Waals surface area contributed by atoms with Crippen molar-refractivity contribution in [2.75, 3.05) is 26.7 Å². The van der Waals surface area contributed by atoms with E-state index in [4.69, 9.17) is 0 Å². The van der Waals surface area contributed by atoms with Crippen molar-refractivity contribution in [2.24, 2.45) is 4.99 Å². The zero-order valence-electron chi connectivity index (χ0n) is 13.9. The Bertz CT molecular complexity index is 512. The third kappa shape index (κ3) is 6.66. The number of aryl methyl sites for hydroxylation is 1. The van der Waals surface area contributed by atoms with Crippen LogP contribution in [0.1, 0.15) is 35.9 Å². The predicted molar refractivity (Wildman–Crippen MR) is 108 cm³/mol. The number of hydrogen-bond acceptors (Lipinski definition) is 3. The molecule has 1 aliphatic heterocycles. The van der Waals surface area contributed by atoms with Gasteiger partial charge in [-0.2, -0.15) is 0 Å². The zero-order valence-corrected chi connectivity index (χ0v) is 17.1. The van der Waals surface area contributed by atoms with Crippen LogP contribution in [0, 0.1) is 0 Å². The summed E-state index contributed by atoms with van der Waals surface area (Å²) in [6, 6.07) is 4.31. The summed E-state index contributed by atoms with van der Waals surface area (Å²) in [5.41, 5.74) is 0. The van der Waals surface area contributed by atoms with E-state index in [-0.39, 0.29) is 29.9 Å². The Kier molecular flexibility index (Phi) is 9.54. The lowest BCUT2D eigenvalue weighted by Crippen LogP contribution is -2.45. The van der Waals surface area contributed by atoms with Gasteiger partial charge >= 0.3 is 0 Å². The highest BCUT2D eigenvalue weighted by Gasteiger charge is 2.16. The van der Waals surface area contributed by atoms with Crippen molar-refractivity contribution >= 4 is 47.2 Å². The molecule has 23 heavy (non-hydrogen) atoms. The summed E-state index contributed by atoms with van der Waals surface area (Å²) < 4.78 is 0. The molecule has 1 saturated heterocycles. The molecule has 1 aromatic heterocycles. The molecular weight excluding hydrogens is 423 g/mol. The molecule has 1 aromatic rings. The summed E-state index contributed by atoms with van der Waals surface area (Å²) in [5, 5.41) is 6.37. The molecule has 0 unspecified atom stereocenters. The Morgan fingerprint density at radius 1 is 1.22 bits per heavy atom. The summed E-state index contributed by atoms with van der Waals surface area (Å²) in [6.07, 6.45) is 4.55. The second-order valence-electron chi connectivity index (χ2n) is 5.44. The molecule has 0 aromatic carbocycles. The number of nitrogens with one attached hydrogen (secondary N) is 2. The van der Waals surface area contributed by atoms with Crippen LogP contribution in [-0.4, -0.2) is 43.4 Å². The molecule has 2 N–H and O–H groups in total. The molecule has 1 amide bonds. The number of piperidine rings is 1. The SMILES string of the molecule is CCc1ccc(CNC(=NC)NCC(=O)N2CCCCC2)s1.I. The molecular formula is C16H27IN4OS. The number of hydrogen-bond donors (Lipinski definition) is 2. The fourth-order valence-electron chi connectivity index (χ4n) is 2.51. The van der Waals surface area contributed by atoms with Crippen LogP contribution in [0.5, 0.6) is 0 Å². The molecule has 0 aliphatic carbocycles. The molecule has 0 spiro atoms. The van der Waals surface area contributed by atoms with Gasteiger partial charge in [-0.1, -0.05) is 6.92 Å². The van der Waals surface area contributed by atoms with Crippen LogP contribution in [0.2, 0.25) is 0 Å². The molecule has 0 radical (unpaired) electrons. The maximum Gasteiger partial charge on any atom is 0.241 e. The van der Waals surface area contributed by atoms with E-state index < -0.39 is 0 Å². The highest BCUT2D eigenvalue weighted by Crippen LogP contribution is 2.16. The monoisotopic (exact) mass is 450 g/mol. The fraction of sp³-hybridized carbons (Fsp3) is 0.625. The van der Waals surface area contributed by atoms with Gasteiger partial charge in [-0.25, -0.2) is 0 Å². The van der Waals surface area contributed by atoms with Crippen LogP contribution in [0.15, 0.2) is 17.1 Å². The van der Waals surface area contributed by atoms with Gasteiger partial charge in [0.05, 0.1) is 13.1 Å². The van der Waals surface area contributed by atoms with Gasteiger partial charge < -0.3 is 15.5 Å². The molecule has 1 fully saturated rings. The van der Waals surface area contributed by atoms with E-state index in [2.05, 4.69) is 34.7 Å². The minimum Gasteiger partial charge on any atom is -0.352 e. The number of guanidine groups is 1. The number of carbonyl (C=O) groups is 1. The number of carbonyl (C=O) groups excluding carboxylic acids is 1. The number of aliphatic imine (C=N–C) groups is 1. The highest BCUT2D eigenvalue weighted by molar-refractivity contribution is 14.0. The van der Waals surface area contributed by atoms with Gasteiger partial charge in [0.25, 0.3) is 0 Å². The molecule has 5 nitrogen and oxygen atoms in total.